The standard InChI is InChI=1S/C16H32N2O4.C11H24N2O2.C2HF3O2.CH2Cl2/c1-16(2,3)22-15(19)18-14-7-5-13(6-8-14)17-9-10-21-12-11-20-4;1-14-8-9-15-7-6-13-11-4-2-10(12)3-5-11;3-2(4,5)1(6)7;2-1-3/h13-14,17H,5-12H2,1-4H3,(H,18,19);10-11,13H,2-9,12H2,1H3;(H,6,7);1H2. The Morgan fingerprint density at radius 2 is 1.11 bits per heavy atom. The summed E-state index contributed by atoms with van der Waals surface area (Å²) in [5, 5.41) is 17.3. The molecule has 2 rings (SSSR count). The van der Waals surface area contributed by atoms with Gasteiger partial charge in [0.1, 0.15) is 5.60 Å². The van der Waals surface area contributed by atoms with Gasteiger partial charge < -0.3 is 50.5 Å². The van der Waals surface area contributed by atoms with E-state index in [1.165, 1.54) is 12.8 Å². The fraction of sp³-hybridized carbons (Fsp3) is 0.933. The Kier molecular flexibility index (Phi) is 30.3. The molecule has 1 amide bonds. The highest BCUT2D eigenvalue weighted by atomic mass is 35.5. The number of methoxy groups -OCH3 is 2. The van der Waals surface area contributed by atoms with Crippen molar-refractivity contribution in [2.75, 3.05) is 72.3 Å². The van der Waals surface area contributed by atoms with Crippen molar-refractivity contribution in [1.82, 2.24) is 16.0 Å². The topological polar surface area (TPSA) is 163 Å². The summed E-state index contributed by atoms with van der Waals surface area (Å²) in [6.07, 6.45) is 3.44. The van der Waals surface area contributed by atoms with E-state index in [2.05, 4.69) is 16.0 Å². The molecule has 0 aliphatic heterocycles. The van der Waals surface area contributed by atoms with Gasteiger partial charge in [-0.1, -0.05) is 0 Å². The second-order valence-corrected chi connectivity index (χ2v) is 12.6. The first-order valence-electron chi connectivity index (χ1n) is 15.9. The third-order valence-electron chi connectivity index (χ3n) is 6.68. The molecule has 2 aliphatic carbocycles. The van der Waals surface area contributed by atoms with Crippen molar-refractivity contribution in [2.45, 2.75) is 108 Å². The Bertz CT molecular complexity index is 756. The van der Waals surface area contributed by atoms with Gasteiger partial charge in [-0.05, 0) is 72.1 Å². The fourth-order valence-corrected chi connectivity index (χ4v) is 4.40. The highest BCUT2D eigenvalue weighted by Gasteiger charge is 2.38. The maximum Gasteiger partial charge on any atom is 0.490 e. The molecule has 0 bridgehead atoms. The van der Waals surface area contributed by atoms with Gasteiger partial charge in [0.05, 0.1) is 45.0 Å². The predicted molar refractivity (Wildman–Crippen MR) is 177 cm³/mol. The normalized spacial score (nSPS) is 21.1. The number of carboxylic acid groups (broad SMARTS) is 1. The van der Waals surface area contributed by atoms with E-state index < -0.39 is 17.7 Å². The van der Waals surface area contributed by atoms with E-state index in [0.29, 0.717) is 51.2 Å². The number of alkyl carbamates (subject to hydrolysis) is 1. The first-order valence-corrected chi connectivity index (χ1v) is 16.9. The van der Waals surface area contributed by atoms with E-state index in [1.54, 1.807) is 14.2 Å². The maximum absolute atomic E-state index is 11.7. The number of amides is 1. The Morgan fingerprint density at radius 1 is 0.745 bits per heavy atom. The Morgan fingerprint density at radius 3 is 1.45 bits per heavy atom. The van der Waals surface area contributed by atoms with Gasteiger partial charge in [-0.2, -0.15) is 13.2 Å². The number of carbonyl (C=O) groups excluding carboxylic acids is 1. The van der Waals surface area contributed by atoms with E-state index in [9.17, 15) is 18.0 Å². The zero-order chi connectivity index (χ0) is 36.1. The zero-order valence-corrected chi connectivity index (χ0v) is 30.1. The highest BCUT2D eigenvalue weighted by molar-refractivity contribution is 6.40. The van der Waals surface area contributed by atoms with Crippen LogP contribution >= 0.6 is 23.2 Å². The molecule has 2 saturated carbocycles. The van der Waals surface area contributed by atoms with Crippen LogP contribution in [0.5, 0.6) is 0 Å². The number of aliphatic carboxylic acids is 1. The number of hydrogen-bond acceptors (Lipinski definition) is 10. The molecule has 0 aromatic carbocycles. The molecular weight excluding hydrogens is 672 g/mol. The molecule has 0 atom stereocenters. The van der Waals surface area contributed by atoms with Crippen molar-refractivity contribution in [1.29, 1.82) is 0 Å². The average Bonchev–Trinajstić information content (AvgIpc) is 2.98. The minimum atomic E-state index is -5.08. The van der Waals surface area contributed by atoms with Gasteiger partial charge in [0, 0.05) is 51.5 Å². The molecular formula is C30H59Cl2F3N4O8. The van der Waals surface area contributed by atoms with E-state index in [0.717, 1.165) is 58.2 Å². The van der Waals surface area contributed by atoms with Gasteiger partial charge in [-0.15, -0.1) is 23.2 Å². The molecule has 12 nitrogen and oxygen atoms in total. The molecule has 282 valence electrons. The van der Waals surface area contributed by atoms with Crippen LogP contribution in [0.1, 0.15) is 72.1 Å². The van der Waals surface area contributed by atoms with Crippen LogP contribution in [0.15, 0.2) is 0 Å². The summed E-state index contributed by atoms with van der Waals surface area (Å²) in [5.41, 5.74) is 5.40. The van der Waals surface area contributed by atoms with E-state index in [4.69, 9.17) is 62.5 Å². The number of nitrogens with two attached hydrogens (primary N) is 1. The quantitative estimate of drug-likeness (QED) is 0.118. The van der Waals surface area contributed by atoms with Gasteiger partial charge in [0.15, 0.2) is 0 Å². The number of carbonyl (C=O) groups is 2. The molecule has 17 heteroatoms. The first-order chi connectivity index (χ1) is 22.1. The fourth-order valence-electron chi connectivity index (χ4n) is 4.40. The number of hydrogen-bond donors (Lipinski definition) is 5. The maximum atomic E-state index is 11.7. The summed E-state index contributed by atoms with van der Waals surface area (Å²) in [6.45, 7) is 11.6. The minimum Gasteiger partial charge on any atom is -0.475 e. The molecule has 0 saturated heterocycles. The molecule has 47 heavy (non-hydrogen) atoms. The summed E-state index contributed by atoms with van der Waals surface area (Å²) in [6, 6.07) is 1.82. The number of carboxylic acids is 1. The van der Waals surface area contributed by atoms with E-state index in [1.807, 2.05) is 20.8 Å². The third kappa shape index (κ3) is 33.1. The number of nitrogens with one attached hydrogen (secondary N) is 3. The lowest BCUT2D eigenvalue weighted by Crippen LogP contribution is -2.44. The first kappa shape index (κ1) is 47.9. The second-order valence-electron chi connectivity index (χ2n) is 11.8. The highest BCUT2D eigenvalue weighted by Crippen LogP contribution is 2.19. The van der Waals surface area contributed by atoms with Gasteiger partial charge in [-0.25, -0.2) is 9.59 Å². The predicted octanol–water partition coefficient (Wildman–Crippen LogP) is 4.64. The molecule has 6 N–H and O–H groups in total. The molecule has 0 unspecified atom stereocenters. The van der Waals surface area contributed by atoms with Crippen LogP contribution in [-0.2, 0) is 28.5 Å². The van der Waals surface area contributed by atoms with Crippen molar-refractivity contribution in [3.8, 4) is 0 Å². The van der Waals surface area contributed by atoms with Crippen LogP contribution in [0.3, 0.4) is 0 Å². The summed E-state index contributed by atoms with van der Waals surface area (Å²) < 4.78 is 57.6. The van der Waals surface area contributed by atoms with E-state index in [-0.39, 0.29) is 17.5 Å². The summed E-state index contributed by atoms with van der Waals surface area (Å²) in [5.74, 6) is -2.76. The largest absolute Gasteiger partial charge is 0.490 e. The lowest BCUT2D eigenvalue weighted by Gasteiger charge is -2.30. The van der Waals surface area contributed by atoms with Gasteiger partial charge in [-0.3, -0.25) is 0 Å². The molecule has 0 spiro atoms. The molecule has 0 aromatic rings. The molecule has 2 aliphatic rings. The Balaban J connectivity index is 0. The number of halogens is 5. The molecule has 0 aromatic heterocycles. The van der Waals surface area contributed by atoms with Gasteiger partial charge >= 0.3 is 18.2 Å². The van der Waals surface area contributed by atoms with E-state index >= 15 is 0 Å². The Labute approximate surface area is 288 Å². The average molecular weight is 732 g/mol. The number of alkyl halides is 5. The monoisotopic (exact) mass is 730 g/mol. The lowest BCUT2D eigenvalue weighted by atomic mass is 9.91. The van der Waals surface area contributed by atoms with Crippen LogP contribution in [0.2, 0.25) is 0 Å². The van der Waals surface area contributed by atoms with Crippen LogP contribution in [-0.4, -0.2) is 125 Å². The number of ether oxygens (including phenoxy) is 5. The van der Waals surface area contributed by atoms with Crippen LogP contribution in [0.4, 0.5) is 18.0 Å². The minimum absolute atomic E-state index is 0.194. The Hall–Kier alpha value is -1.17. The summed E-state index contributed by atoms with van der Waals surface area (Å²) >= 11 is 9.53. The van der Waals surface area contributed by atoms with Crippen molar-refractivity contribution in [3.05, 3.63) is 0 Å². The smallest absolute Gasteiger partial charge is 0.475 e. The van der Waals surface area contributed by atoms with Crippen LogP contribution in [0, 0.1) is 0 Å². The molecule has 0 radical (unpaired) electrons. The lowest BCUT2D eigenvalue weighted by molar-refractivity contribution is -0.192. The second kappa shape index (κ2) is 29.7. The van der Waals surface area contributed by atoms with Crippen molar-refractivity contribution in [2.24, 2.45) is 5.73 Å². The van der Waals surface area contributed by atoms with Crippen molar-refractivity contribution < 1.29 is 51.6 Å². The molecule has 0 heterocycles. The van der Waals surface area contributed by atoms with Crippen molar-refractivity contribution >= 4 is 35.3 Å². The number of rotatable bonds is 15. The van der Waals surface area contributed by atoms with Crippen LogP contribution < -0.4 is 21.7 Å². The molecule has 2 fully saturated rings. The van der Waals surface area contributed by atoms with Gasteiger partial charge in [0.2, 0.25) is 0 Å². The van der Waals surface area contributed by atoms with Crippen LogP contribution in [0.25, 0.3) is 0 Å². The summed E-state index contributed by atoms with van der Waals surface area (Å²) in [4.78, 5) is 20.6. The SMILES string of the molecule is COCCOCCNC1CCC(N)CC1.COCCOCCNC1CCC(NC(=O)OC(C)(C)C)CC1.ClCCl.O=C(O)C(F)(F)F. The zero-order valence-electron chi connectivity index (χ0n) is 28.6. The van der Waals surface area contributed by atoms with Crippen molar-refractivity contribution in [3.63, 3.8) is 0 Å². The third-order valence-corrected chi connectivity index (χ3v) is 6.68. The summed E-state index contributed by atoms with van der Waals surface area (Å²) in [7, 11) is 3.36. The van der Waals surface area contributed by atoms with Gasteiger partial charge in [0.25, 0.3) is 0 Å².